The summed E-state index contributed by atoms with van der Waals surface area (Å²) in [5, 5.41) is 13.4. The Kier molecular flexibility index (Phi) is 5.86. The van der Waals surface area contributed by atoms with Gasteiger partial charge in [-0.1, -0.05) is 13.3 Å². The highest BCUT2D eigenvalue weighted by atomic mass is 32.2. The largest absolute Gasteiger partial charge is 0.548 e. The van der Waals surface area contributed by atoms with E-state index in [0.29, 0.717) is 12.1 Å². The van der Waals surface area contributed by atoms with Crippen LogP contribution >= 0.6 is 0 Å². The highest BCUT2D eigenvalue weighted by Gasteiger charge is 2.20. The van der Waals surface area contributed by atoms with Gasteiger partial charge in [0.1, 0.15) is 0 Å². The van der Waals surface area contributed by atoms with Crippen LogP contribution in [0.5, 0.6) is 0 Å². The first-order valence-electron chi connectivity index (χ1n) is 6.37. The summed E-state index contributed by atoms with van der Waals surface area (Å²) in [5.41, 5.74) is 0.450. The van der Waals surface area contributed by atoms with E-state index in [-0.39, 0.29) is 17.2 Å². The zero-order chi connectivity index (χ0) is 16.0. The Bertz CT molecular complexity index is 610. The van der Waals surface area contributed by atoms with Gasteiger partial charge in [0, 0.05) is 12.6 Å². The van der Waals surface area contributed by atoms with Gasteiger partial charge < -0.3 is 15.2 Å². The Morgan fingerprint density at radius 1 is 1.24 bits per heavy atom. The minimum Gasteiger partial charge on any atom is -0.548 e. The van der Waals surface area contributed by atoms with Crippen LogP contribution in [0.25, 0.3) is 0 Å². The lowest BCUT2D eigenvalue weighted by Gasteiger charge is -2.19. The van der Waals surface area contributed by atoms with Crippen LogP contribution in [0.2, 0.25) is 0 Å². The predicted molar refractivity (Wildman–Crippen MR) is 74.8 cm³/mol. The van der Waals surface area contributed by atoms with E-state index in [1.54, 1.807) is 6.92 Å². The quantitative estimate of drug-likeness (QED) is 0.726. The number of hydrogen-bond acceptors (Lipinski definition) is 5. The number of carbonyl (C=O) groups is 2. The molecule has 1 aromatic rings. The van der Waals surface area contributed by atoms with Crippen molar-refractivity contribution in [1.82, 2.24) is 4.72 Å². The van der Waals surface area contributed by atoms with Gasteiger partial charge in [-0.2, -0.15) is 0 Å². The molecule has 0 aliphatic heterocycles. The number of nitrogens with one attached hydrogen (secondary N) is 2. The lowest BCUT2D eigenvalue weighted by atomic mass is 10.2. The average molecular weight is 313 g/mol. The maximum atomic E-state index is 12.1. The van der Waals surface area contributed by atoms with Crippen molar-refractivity contribution in [2.45, 2.75) is 37.6 Å². The molecule has 0 heterocycles. The summed E-state index contributed by atoms with van der Waals surface area (Å²) >= 11 is 0. The molecular formula is C13H17N2O5S-. The zero-order valence-electron chi connectivity index (χ0n) is 11.8. The summed E-state index contributed by atoms with van der Waals surface area (Å²) < 4.78 is 26.2. The van der Waals surface area contributed by atoms with Crippen molar-refractivity contribution in [2.24, 2.45) is 0 Å². The molecule has 0 aromatic heterocycles. The molecule has 0 saturated carbocycles. The van der Waals surface area contributed by atoms with E-state index in [2.05, 4.69) is 10.0 Å². The molecule has 0 fully saturated rings. The van der Waals surface area contributed by atoms with E-state index < -0.39 is 22.0 Å². The maximum absolute atomic E-state index is 12.1. The van der Waals surface area contributed by atoms with Crippen molar-refractivity contribution in [3.05, 3.63) is 24.3 Å². The number of amides is 1. The second-order valence-electron chi connectivity index (χ2n) is 4.49. The summed E-state index contributed by atoms with van der Waals surface area (Å²) in [7, 11) is -3.96. The molecule has 116 valence electrons. The summed E-state index contributed by atoms with van der Waals surface area (Å²) in [6.07, 6.45) is 0.647. The highest BCUT2D eigenvalue weighted by molar-refractivity contribution is 7.89. The summed E-state index contributed by atoms with van der Waals surface area (Å²) in [6, 6.07) is 4.14. The average Bonchev–Trinajstić information content (AvgIpc) is 2.37. The van der Waals surface area contributed by atoms with E-state index >= 15 is 0 Å². The molecule has 0 spiro atoms. The molecule has 7 nitrogen and oxygen atoms in total. The Morgan fingerprint density at radius 3 is 2.24 bits per heavy atom. The number of sulfonamides is 1. The zero-order valence-corrected chi connectivity index (χ0v) is 12.6. The van der Waals surface area contributed by atoms with Gasteiger partial charge >= 0.3 is 0 Å². The molecule has 8 heteroatoms. The first-order chi connectivity index (χ1) is 9.76. The molecule has 0 saturated heterocycles. The molecule has 1 atom stereocenters. The molecule has 0 aliphatic rings. The van der Waals surface area contributed by atoms with Gasteiger partial charge in [0.05, 0.1) is 16.9 Å². The van der Waals surface area contributed by atoms with Gasteiger partial charge in [-0.05, 0) is 30.7 Å². The van der Waals surface area contributed by atoms with Gasteiger partial charge in [-0.25, -0.2) is 13.1 Å². The van der Waals surface area contributed by atoms with Crippen LogP contribution < -0.4 is 15.1 Å². The standard InChI is InChI=1S/C13H18N2O5S/c1-3-4-12(13(17)18)15-21(19,20)11-7-5-10(6-8-11)14-9(2)16/h5-8,12,15H,3-4H2,1-2H3,(H,14,16)(H,17,18)/p-1/t12-/m1/s1. The second kappa shape index (κ2) is 7.19. The first kappa shape index (κ1) is 17.1. The first-order valence-corrected chi connectivity index (χ1v) is 7.85. The SMILES string of the molecule is CCC[C@@H](NS(=O)(=O)c1ccc(NC(C)=O)cc1)C(=O)[O-]. The number of rotatable bonds is 7. The van der Waals surface area contributed by atoms with Crippen molar-refractivity contribution in [3.63, 3.8) is 0 Å². The van der Waals surface area contributed by atoms with Crippen molar-refractivity contribution < 1.29 is 23.1 Å². The fourth-order valence-electron chi connectivity index (χ4n) is 1.69. The van der Waals surface area contributed by atoms with E-state index in [0.717, 1.165) is 0 Å². The summed E-state index contributed by atoms with van der Waals surface area (Å²) in [5.74, 6) is -1.74. The number of carbonyl (C=O) groups excluding carboxylic acids is 2. The molecule has 1 amide bonds. The topological polar surface area (TPSA) is 115 Å². The van der Waals surface area contributed by atoms with Crippen molar-refractivity contribution in [2.75, 3.05) is 5.32 Å². The monoisotopic (exact) mass is 313 g/mol. The van der Waals surface area contributed by atoms with Gasteiger partial charge in [0.15, 0.2) is 0 Å². The Morgan fingerprint density at radius 2 is 1.81 bits per heavy atom. The van der Waals surface area contributed by atoms with Crippen molar-refractivity contribution in [3.8, 4) is 0 Å². The van der Waals surface area contributed by atoms with E-state index in [1.165, 1.54) is 31.2 Å². The minimum absolute atomic E-state index is 0.0843. The van der Waals surface area contributed by atoms with Crippen LogP contribution in [0.4, 0.5) is 5.69 Å². The van der Waals surface area contributed by atoms with Crippen LogP contribution in [0.1, 0.15) is 26.7 Å². The van der Waals surface area contributed by atoms with Crippen molar-refractivity contribution >= 4 is 27.6 Å². The van der Waals surface area contributed by atoms with E-state index in [9.17, 15) is 23.1 Å². The Balaban J connectivity index is 2.91. The normalized spacial score (nSPS) is 12.7. The predicted octanol–water partition coefficient (Wildman–Crippen LogP) is -0.158. The lowest BCUT2D eigenvalue weighted by molar-refractivity contribution is -0.308. The third kappa shape index (κ3) is 5.16. The third-order valence-corrected chi connectivity index (χ3v) is 4.13. The molecule has 0 unspecified atom stereocenters. The van der Waals surface area contributed by atoms with Crippen LogP contribution in [0.15, 0.2) is 29.2 Å². The summed E-state index contributed by atoms with van der Waals surface area (Å²) in [4.78, 5) is 21.7. The fourth-order valence-corrected chi connectivity index (χ4v) is 2.91. The molecule has 1 aromatic carbocycles. The maximum Gasteiger partial charge on any atom is 0.241 e. The molecule has 21 heavy (non-hydrogen) atoms. The van der Waals surface area contributed by atoms with Crippen LogP contribution in [-0.2, 0) is 19.6 Å². The fraction of sp³-hybridized carbons (Fsp3) is 0.385. The van der Waals surface area contributed by atoms with Gasteiger partial charge in [0.2, 0.25) is 15.9 Å². The van der Waals surface area contributed by atoms with Gasteiger partial charge in [0.25, 0.3) is 0 Å². The van der Waals surface area contributed by atoms with E-state index in [1.807, 2.05) is 0 Å². The molecule has 0 radical (unpaired) electrons. The smallest absolute Gasteiger partial charge is 0.241 e. The second-order valence-corrected chi connectivity index (χ2v) is 6.20. The lowest BCUT2D eigenvalue weighted by Crippen LogP contribution is -2.47. The van der Waals surface area contributed by atoms with Crippen LogP contribution in [0, 0.1) is 0 Å². The van der Waals surface area contributed by atoms with Crippen molar-refractivity contribution in [1.29, 1.82) is 0 Å². The molecule has 0 bridgehead atoms. The number of carboxylic acid groups (broad SMARTS) is 1. The molecule has 2 N–H and O–H groups in total. The number of hydrogen-bond donors (Lipinski definition) is 2. The summed E-state index contributed by atoms with van der Waals surface area (Å²) in [6.45, 7) is 3.08. The molecular weight excluding hydrogens is 296 g/mol. The van der Waals surface area contributed by atoms with Gasteiger partial charge in [-0.15, -0.1) is 0 Å². The van der Waals surface area contributed by atoms with E-state index in [4.69, 9.17) is 0 Å². The number of carboxylic acids is 1. The van der Waals surface area contributed by atoms with Crippen LogP contribution in [0.3, 0.4) is 0 Å². The molecule has 0 aliphatic carbocycles. The van der Waals surface area contributed by atoms with Crippen LogP contribution in [-0.4, -0.2) is 26.3 Å². The number of benzene rings is 1. The molecule has 1 rings (SSSR count). The third-order valence-electron chi connectivity index (χ3n) is 2.64. The Labute approximate surface area is 123 Å². The number of anilines is 1. The Hall–Kier alpha value is -1.93. The number of aliphatic carboxylic acids is 1. The van der Waals surface area contributed by atoms with Gasteiger partial charge in [-0.3, -0.25) is 4.79 Å². The minimum atomic E-state index is -3.96. The highest BCUT2D eigenvalue weighted by Crippen LogP contribution is 2.15.